The highest BCUT2D eigenvalue weighted by molar-refractivity contribution is 14.1. The Hall–Kier alpha value is -3.93. The van der Waals surface area contributed by atoms with E-state index in [4.69, 9.17) is 14.6 Å². The van der Waals surface area contributed by atoms with E-state index in [1.807, 2.05) is 0 Å². The molecule has 184 valence electrons. The third kappa shape index (κ3) is 5.48. The number of nitrogens with zero attached hydrogens (tertiary/aromatic N) is 1. The highest BCUT2D eigenvalue weighted by atomic mass is 127. The van der Waals surface area contributed by atoms with Crippen molar-refractivity contribution in [2.75, 3.05) is 7.11 Å². The molecule has 2 N–H and O–H groups in total. The zero-order valence-electron chi connectivity index (χ0n) is 19.0. The van der Waals surface area contributed by atoms with Crippen LogP contribution in [0.25, 0.3) is 6.08 Å². The SMILES string of the molecule is COc1cc(/C=C2/NC(=O)N(Cc3ccccc3F)C2=O)cc(I)c1OCc1cccc(C(=O)O)c1. The number of carboxylic acids is 1. The van der Waals surface area contributed by atoms with Crippen molar-refractivity contribution < 1.29 is 33.4 Å². The monoisotopic (exact) mass is 602 g/mol. The molecule has 0 aliphatic carbocycles. The van der Waals surface area contributed by atoms with Crippen LogP contribution in [0.4, 0.5) is 9.18 Å². The summed E-state index contributed by atoms with van der Waals surface area (Å²) in [5.41, 5.74) is 1.69. The molecule has 1 heterocycles. The van der Waals surface area contributed by atoms with Crippen LogP contribution in [0.3, 0.4) is 0 Å². The van der Waals surface area contributed by atoms with Gasteiger partial charge in [-0.1, -0.05) is 30.3 Å². The molecule has 0 radical (unpaired) electrons. The first-order chi connectivity index (χ1) is 17.3. The second-order valence-corrected chi connectivity index (χ2v) is 8.96. The Kier molecular flexibility index (Phi) is 7.53. The Balaban J connectivity index is 1.53. The van der Waals surface area contributed by atoms with Gasteiger partial charge in [0.25, 0.3) is 5.91 Å². The number of carbonyl (C=O) groups excluding carboxylic acids is 2. The van der Waals surface area contributed by atoms with Crippen molar-refractivity contribution >= 4 is 46.6 Å². The van der Waals surface area contributed by atoms with Crippen LogP contribution in [0.15, 0.2) is 66.4 Å². The van der Waals surface area contributed by atoms with E-state index in [0.29, 0.717) is 26.2 Å². The number of rotatable bonds is 8. The summed E-state index contributed by atoms with van der Waals surface area (Å²) in [6, 6.07) is 15.1. The van der Waals surface area contributed by atoms with Crippen LogP contribution in [-0.4, -0.2) is 35.0 Å². The van der Waals surface area contributed by atoms with Crippen molar-refractivity contribution in [1.82, 2.24) is 10.2 Å². The number of benzene rings is 3. The molecule has 10 heteroatoms. The zero-order valence-corrected chi connectivity index (χ0v) is 21.1. The Morgan fingerprint density at radius 3 is 2.64 bits per heavy atom. The minimum absolute atomic E-state index is 0.0494. The van der Waals surface area contributed by atoms with Gasteiger partial charge in [0.05, 0.1) is 22.8 Å². The number of carbonyl (C=O) groups is 3. The Morgan fingerprint density at radius 1 is 1.14 bits per heavy atom. The van der Waals surface area contributed by atoms with E-state index >= 15 is 0 Å². The number of amides is 3. The molecule has 36 heavy (non-hydrogen) atoms. The van der Waals surface area contributed by atoms with Crippen molar-refractivity contribution in [3.05, 3.63) is 98.0 Å². The normalized spacial score (nSPS) is 14.2. The maximum Gasteiger partial charge on any atom is 0.335 e. The van der Waals surface area contributed by atoms with Gasteiger partial charge in [0.2, 0.25) is 0 Å². The minimum Gasteiger partial charge on any atom is -0.493 e. The molecule has 4 rings (SSSR count). The summed E-state index contributed by atoms with van der Waals surface area (Å²) in [5, 5.41) is 11.7. The van der Waals surface area contributed by atoms with E-state index in [2.05, 4.69) is 27.9 Å². The predicted molar refractivity (Wildman–Crippen MR) is 137 cm³/mol. The molecule has 1 aliphatic rings. The molecule has 0 unspecified atom stereocenters. The van der Waals surface area contributed by atoms with Crippen molar-refractivity contribution in [3.63, 3.8) is 0 Å². The van der Waals surface area contributed by atoms with Crippen molar-refractivity contribution in [1.29, 1.82) is 0 Å². The number of nitrogens with one attached hydrogen (secondary N) is 1. The van der Waals surface area contributed by atoms with Gasteiger partial charge in [-0.2, -0.15) is 0 Å². The Bertz CT molecular complexity index is 1390. The lowest BCUT2D eigenvalue weighted by Gasteiger charge is -2.14. The van der Waals surface area contributed by atoms with E-state index in [1.165, 1.54) is 43.5 Å². The van der Waals surface area contributed by atoms with Gasteiger partial charge >= 0.3 is 12.0 Å². The molecule has 0 atom stereocenters. The van der Waals surface area contributed by atoms with E-state index in [-0.39, 0.29) is 30.0 Å². The first-order valence-electron chi connectivity index (χ1n) is 10.7. The summed E-state index contributed by atoms with van der Waals surface area (Å²) in [6.07, 6.45) is 1.51. The number of ether oxygens (including phenoxy) is 2. The summed E-state index contributed by atoms with van der Waals surface area (Å²) in [5.74, 6) is -1.26. The van der Waals surface area contributed by atoms with Crippen LogP contribution in [0, 0.1) is 9.39 Å². The van der Waals surface area contributed by atoms with Gasteiger partial charge < -0.3 is 19.9 Å². The number of hydrogen-bond acceptors (Lipinski definition) is 5. The van der Waals surface area contributed by atoms with Crippen LogP contribution in [0.5, 0.6) is 11.5 Å². The third-order valence-corrected chi connectivity index (χ3v) is 6.17. The molecule has 3 aromatic carbocycles. The van der Waals surface area contributed by atoms with Crippen LogP contribution in [-0.2, 0) is 17.9 Å². The average molecular weight is 602 g/mol. The second kappa shape index (κ2) is 10.8. The molecule has 1 fully saturated rings. The molecule has 0 aromatic heterocycles. The number of aromatic carboxylic acids is 1. The fourth-order valence-electron chi connectivity index (χ4n) is 3.59. The lowest BCUT2D eigenvalue weighted by molar-refractivity contribution is -0.123. The molecular formula is C26H20FIN2O6. The van der Waals surface area contributed by atoms with Crippen LogP contribution in [0.2, 0.25) is 0 Å². The predicted octanol–water partition coefficient (Wildman–Crippen LogP) is 4.81. The first kappa shape index (κ1) is 25.2. The smallest absolute Gasteiger partial charge is 0.335 e. The van der Waals surface area contributed by atoms with E-state index in [0.717, 1.165) is 4.90 Å². The summed E-state index contributed by atoms with van der Waals surface area (Å²) in [4.78, 5) is 37.3. The fraction of sp³-hybridized carbons (Fsp3) is 0.115. The summed E-state index contributed by atoms with van der Waals surface area (Å²) < 4.78 is 26.0. The highest BCUT2D eigenvalue weighted by Gasteiger charge is 2.34. The number of hydrogen-bond donors (Lipinski definition) is 2. The van der Waals surface area contributed by atoms with Crippen molar-refractivity contribution in [2.45, 2.75) is 13.2 Å². The highest BCUT2D eigenvalue weighted by Crippen LogP contribution is 2.35. The number of imide groups is 1. The number of carboxylic acid groups (broad SMARTS) is 1. The minimum atomic E-state index is -1.03. The molecule has 8 nitrogen and oxygen atoms in total. The Morgan fingerprint density at radius 2 is 1.92 bits per heavy atom. The molecule has 1 saturated heterocycles. The van der Waals surface area contributed by atoms with E-state index in [1.54, 1.807) is 30.3 Å². The average Bonchev–Trinajstić information content (AvgIpc) is 3.11. The summed E-state index contributed by atoms with van der Waals surface area (Å²) >= 11 is 2.06. The Labute approximate surface area is 219 Å². The lowest BCUT2D eigenvalue weighted by atomic mass is 10.1. The van der Waals surface area contributed by atoms with Gasteiger partial charge in [0.15, 0.2) is 11.5 Å². The van der Waals surface area contributed by atoms with Crippen LogP contribution in [0.1, 0.15) is 27.0 Å². The number of halogens is 2. The van der Waals surface area contributed by atoms with E-state index < -0.39 is 23.7 Å². The van der Waals surface area contributed by atoms with Gasteiger partial charge in [-0.25, -0.2) is 14.0 Å². The van der Waals surface area contributed by atoms with Gasteiger partial charge in [0.1, 0.15) is 18.1 Å². The van der Waals surface area contributed by atoms with Crippen molar-refractivity contribution in [2.24, 2.45) is 0 Å². The standard InChI is InChI=1S/C26H20FIN2O6/c1-35-22-12-16(10-20(28)23(22)36-14-15-5-4-7-17(9-15)25(32)33)11-21-24(31)30(26(34)29-21)13-18-6-2-3-8-19(18)27/h2-12H,13-14H2,1H3,(H,29,34)(H,32,33)/b21-11+. The second-order valence-electron chi connectivity index (χ2n) is 7.80. The van der Waals surface area contributed by atoms with Gasteiger partial charge in [-0.05, 0) is 70.1 Å². The quantitative estimate of drug-likeness (QED) is 0.218. The third-order valence-electron chi connectivity index (χ3n) is 5.37. The van der Waals surface area contributed by atoms with Gasteiger partial charge in [0, 0.05) is 5.56 Å². The largest absolute Gasteiger partial charge is 0.493 e. The topological polar surface area (TPSA) is 105 Å². The van der Waals surface area contributed by atoms with Crippen LogP contribution < -0.4 is 14.8 Å². The lowest BCUT2D eigenvalue weighted by Crippen LogP contribution is -2.30. The number of urea groups is 1. The van der Waals surface area contributed by atoms with E-state index in [9.17, 15) is 18.8 Å². The van der Waals surface area contributed by atoms with Crippen molar-refractivity contribution in [3.8, 4) is 11.5 Å². The van der Waals surface area contributed by atoms with Crippen LogP contribution >= 0.6 is 22.6 Å². The maximum atomic E-state index is 14.0. The molecule has 3 amide bonds. The first-order valence-corrected chi connectivity index (χ1v) is 11.7. The molecule has 0 spiro atoms. The summed E-state index contributed by atoms with van der Waals surface area (Å²) in [7, 11) is 1.47. The maximum absolute atomic E-state index is 14.0. The van der Waals surface area contributed by atoms with Gasteiger partial charge in [-0.15, -0.1) is 0 Å². The molecular weight excluding hydrogens is 582 g/mol. The fourth-order valence-corrected chi connectivity index (χ4v) is 4.37. The molecule has 0 bridgehead atoms. The summed E-state index contributed by atoms with van der Waals surface area (Å²) in [6.45, 7) is -0.0706. The molecule has 3 aromatic rings. The number of methoxy groups -OCH3 is 1. The zero-order chi connectivity index (χ0) is 25.8. The molecule has 0 saturated carbocycles. The molecule has 1 aliphatic heterocycles. The van der Waals surface area contributed by atoms with Gasteiger partial charge in [-0.3, -0.25) is 9.69 Å².